The molecule has 0 radical (unpaired) electrons. The van der Waals surface area contributed by atoms with E-state index in [2.05, 4.69) is 15.3 Å². The van der Waals surface area contributed by atoms with Gasteiger partial charge in [0.25, 0.3) is 5.91 Å². The minimum Gasteiger partial charge on any atom is -0.397 e. The molecule has 4 heterocycles. The molecule has 0 bridgehead atoms. The first-order valence-electron chi connectivity index (χ1n) is 11.4. The first-order valence-corrected chi connectivity index (χ1v) is 12.3. The second-order valence-corrected chi connectivity index (χ2v) is 10.3. The van der Waals surface area contributed by atoms with Crippen LogP contribution in [0.3, 0.4) is 0 Å². The predicted molar refractivity (Wildman–Crippen MR) is 132 cm³/mol. The molecule has 3 unspecified atom stereocenters. The summed E-state index contributed by atoms with van der Waals surface area (Å²) in [5, 5.41) is 3.93. The second kappa shape index (κ2) is 8.75. The molecule has 1 fully saturated rings. The quantitative estimate of drug-likeness (QED) is 0.520. The molecule has 2 aliphatic rings. The highest BCUT2D eigenvalue weighted by Crippen LogP contribution is 2.35. The van der Waals surface area contributed by atoms with Crippen molar-refractivity contribution in [3.05, 3.63) is 45.3 Å². The van der Waals surface area contributed by atoms with E-state index in [0.29, 0.717) is 42.3 Å². The minimum atomic E-state index is -0.375. The topological polar surface area (TPSA) is 119 Å². The normalized spacial score (nSPS) is 22.3. The van der Waals surface area contributed by atoms with Gasteiger partial charge >= 0.3 is 0 Å². The fourth-order valence-corrected chi connectivity index (χ4v) is 6.20. The number of aromatic nitrogens is 2. The third-order valence-corrected chi connectivity index (χ3v) is 7.90. The molecule has 3 aromatic heterocycles. The number of rotatable bonds is 4. The fourth-order valence-electron chi connectivity index (χ4n) is 5.08. The number of ether oxygens (including phenoxy) is 1. The highest BCUT2D eigenvalue weighted by Gasteiger charge is 2.33. The van der Waals surface area contributed by atoms with E-state index < -0.39 is 0 Å². The summed E-state index contributed by atoms with van der Waals surface area (Å²) < 4.78 is 20.4. The highest BCUT2D eigenvalue weighted by atomic mass is 32.1. The van der Waals surface area contributed by atoms with Gasteiger partial charge in [-0.2, -0.15) is 0 Å². The first kappa shape index (κ1) is 22.9. The Hall–Kier alpha value is -2.82. The second-order valence-electron chi connectivity index (χ2n) is 9.26. The lowest BCUT2D eigenvalue weighted by Gasteiger charge is -2.27. The summed E-state index contributed by atoms with van der Waals surface area (Å²) >= 11 is 1.31. The molecule has 3 atom stereocenters. The molecule has 10 heteroatoms. The van der Waals surface area contributed by atoms with Crippen LogP contribution in [0.4, 0.5) is 15.9 Å². The molecule has 5 N–H and O–H groups in total. The lowest BCUT2D eigenvalue weighted by molar-refractivity contribution is 0.0938. The maximum atomic E-state index is 15.0. The Bertz CT molecular complexity index is 1280. The number of aryl methyl sites for hydroxylation is 3. The van der Waals surface area contributed by atoms with Gasteiger partial charge in [0.2, 0.25) is 0 Å². The third-order valence-electron chi connectivity index (χ3n) is 6.80. The molecule has 1 amide bonds. The number of hydrogen-bond donors (Lipinski definition) is 3. The van der Waals surface area contributed by atoms with E-state index in [9.17, 15) is 9.18 Å². The van der Waals surface area contributed by atoms with Gasteiger partial charge in [0.15, 0.2) is 11.6 Å². The Morgan fingerprint density at radius 3 is 2.82 bits per heavy atom. The number of fused-ring (bicyclic) bond motifs is 2. The molecule has 3 aromatic rings. The SMILES string of the molecule is COC1CN(c2nc3c(cc2F)CC(NC(=O)c2sc4nc(C)cc(C)c4c2N)CC3)CC1N. The molecule has 1 saturated heterocycles. The number of nitrogens with zero attached hydrogens (tertiary/aromatic N) is 3. The van der Waals surface area contributed by atoms with Crippen molar-refractivity contribution >= 4 is 39.0 Å². The predicted octanol–water partition coefficient (Wildman–Crippen LogP) is 2.48. The lowest BCUT2D eigenvalue weighted by Crippen LogP contribution is -2.39. The van der Waals surface area contributed by atoms with Gasteiger partial charge in [-0.05, 0) is 56.4 Å². The number of pyridine rings is 2. The van der Waals surface area contributed by atoms with E-state index in [-0.39, 0.29) is 29.9 Å². The van der Waals surface area contributed by atoms with Crippen LogP contribution in [-0.4, -0.2) is 54.3 Å². The largest absolute Gasteiger partial charge is 0.397 e. The zero-order valence-corrected chi connectivity index (χ0v) is 20.3. The molecule has 0 spiro atoms. The van der Waals surface area contributed by atoms with Crippen LogP contribution in [0.15, 0.2) is 12.1 Å². The first-order chi connectivity index (χ1) is 16.2. The van der Waals surface area contributed by atoms with Crippen molar-refractivity contribution in [1.82, 2.24) is 15.3 Å². The average Bonchev–Trinajstić information content (AvgIpc) is 3.32. The van der Waals surface area contributed by atoms with Crippen molar-refractivity contribution in [2.24, 2.45) is 5.73 Å². The van der Waals surface area contributed by atoms with E-state index in [4.69, 9.17) is 16.2 Å². The average molecular weight is 485 g/mol. The van der Waals surface area contributed by atoms with Crippen LogP contribution in [0.2, 0.25) is 0 Å². The minimum absolute atomic E-state index is 0.120. The van der Waals surface area contributed by atoms with Crippen molar-refractivity contribution in [2.75, 3.05) is 30.8 Å². The van der Waals surface area contributed by atoms with Gasteiger partial charge in [0.1, 0.15) is 9.71 Å². The Balaban J connectivity index is 1.32. The Kier molecular flexibility index (Phi) is 5.91. The summed E-state index contributed by atoms with van der Waals surface area (Å²) in [6.07, 6.45) is 1.76. The summed E-state index contributed by atoms with van der Waals surface area (Å²) in [6, 6.07) is 3.22. The fraction of sp³-hybridized carbons (Fsp3) is 0.458. The van der Waals surface area contributed by atoms with Crippen LogP contribution in [-0.2, 0) is 17.6 Å². The van der Waals surface area contributed by atoms with Crippen LogP contribution < -0.4 is 21.7 Å². The number of anilines is 2. The summed E-state index contributed by atoms with van der Waals surface area (Å²) in [7, 11) is 1.62. The van der Waals surface area contributed by atoms with Crippen molar-refractivity contribution in [2.45, 2.75) is 51.3 Å². The van der Waals surface area contributed by atoms with Gasteiger partial charge in [0, 0.05) is 43.0 Å². The highest BCUT2D eigenvalue weighted by molar-refractivity contribution is 7.21. The van der Waals surface area contributed by atoms with Crippen molar-refractivity contribution in [3.8, 4) is 0 Å². The molecule has 1 aliphatic heterocycles. The summed E-state index contributed by atoms with van der Waals surface area (Å²) in [5.41, 5.74) is 16.5. The summed E-state index contributed by atoms with van der Waals surface area (Å²) in [5.74, 6) is -0.263. The molecule has 0 aromatic carbocycles. The standard InChI is InChI=1S/C24H29FN6O2S/c1-11-6-12(2)28-24-19(11)20(27)21(34-24)23(32)29-14-4-5-17-13(7-14)8-15(25)22(30-17)31-9-16(26)18(10-31)33-3/h6,8,14,16,18H,4-5,7,9-10,26-27H2,1-3H3,(H,29,32). The van der Waals surface area contributed by atoms with Crippen LogP contribution in [0, 0.1) is 19.7 Å². The van der Waals surface area contributed by atoms with Crippen molar-refractivity contribution < 1.29 is 13.9 Å². The van der Waals surface area contributed by atoms with Gasteiger partial charge in [-0.1, -0.05) is 0 Å². The summed E-state index contributed by atoms with van der Waals surface area (Å²) in [4.78, 5) is 25.3. The molecule has 34 heavy (non-hydrogen) atoms. The van der Waals surface area contributed by atoms with E-state index in [0.717, 1.165) is 39.2 Å². The Morgan fingerprint density at radius 1 is 1.29 bits per heavy atom. The van der Waals surface area contributed by atoms with Gasteiger partial charge in [0.05, 0.1) is 17.8 Å². The van der Waals surface area contributed by atoms with Gasteiger partial charge in [-0.3, -0.25) is 4.79 Å². The number of amides is 1. The molecule has 180 valence electrons. The molecule has 1 aliphatic carbocycles. The van der Waals surface area contributed by atoms with E-state index in [1.165, 1.54) is 11.3 Å². The Labute approximate surface area is 201 Å². The molecule has 8 nitrogen and oxygen atoms in total. The van der Waals surface area contributed by atoms with Crippen molar-refractivity contribution in [3.63, 3.8) is 0 Å². The van der Waals surface area contributed by atoms with Crippen LogP contribution in [0.1, 0.15) is 38.6 Å². The van der Waals surface area contributed by atoms with E-state index in [1.807, 2.05) is 24.8 Å². The molecule has 0 saturated carbocycles. The third kappa shape index (κ3) is 3.99. The Morgan fingerprint density at radius 2 is 2.09 bits per heavy atom. The number of nitrogen functional groups attached to an aromatic ring is 1. The van der Waals surface area contributed by atoms with Gasteiger partial charge in [-0.15, -0.1) is 11.3 Å². The zero-order valence-electron chi connectivity index (χ0n) is 19.5. The van der Waals surface area contributed by atoms with Crippen LogP contribution in [0.25, 0.3) is 10.2 Å². The number of hydrogen-bond acceptors (Lipinski definition) is 8. The van der Waals surface area contributed by atoms with Gasteiger partial charge < -0.3 is 26.4 Å². The number of nitrogens with two attached hydrogens (primary N) is 2. The number of thiophene rings is 1. The molecular weight excluding hydrogens is 455 g/mol. The number of carbonyl (C=O) groups excluding carboxylic acids is 1. The number of nitrogens with one attached hydrogen (secondary N) is 1. The lowest BCUT2D eigenvalue weighted by atomic mass is 9.91. The summed E-state index contributed by atoms with van der Waals surface area (Å²) in [6.45, 7) is 4.92. The van der Waals surface area contributed by atoms with Crippen molar-refractivity contribution in [1.29, 1.82) is 0 Å². The van der Waals surface area contributed by atoms with Crippen LogP contribution in [0.5, 0.6) is 0 Å². The number of methoxy groups -OCH3 is 1. The molecule has 5 rings (SSSR count). The van der Waals surface area contributed by atoms with E-state index >= 15 is 0 Å². The monoisotopic (exact) mass is 484 g/mol. The molecular formula is C24H29FN6O2S. The maximum Gasteiger partial charge on any atom is 0.263 e. The van der Waals surface area contributed by atoms with E-state index in [1.54, 1.807) is 13.2 Å². The van der Waals surface area contributed by atoms with Gasteiger partial charge in [-0.25, -0.2) is 14.4 Å². The number of carbonyl (C=O) groups is 1. The van der Waals surface area contributed by atoms with Crippen LogP contribution >= 0.6 is 11.3 Å². The number of halogens is 1. The maximum absolute atomic E-state index is 15.0. The zero-order chi connectivity index (χ0) is 24.1. The smallest absolute Gasteiger partial charge is 0.263 e.